The second-order valence-corrected chi connectivity index (χ2v) is 4.84. The molecular formula is C10H19NS. The van der Waals surface area contributed by atoms with Crippen LogP contribution >= 0.6 is 11.9 Å². The van der Waals surface area contributed by atoms with E-state index in [1.54, 1.807) is 0 Å². The fourth-order valence-corrected chi connectivity index (χ4v) is 2.64. The Morgan fingerprint density at radius 3 is 2.50 bits per heavy atom. The van der Waals surface area contributed by atoms with E-state index in [4.69, 9.17) is 0 Å². The lowest BCUT2D eigenvalue weighted by Gasteiger charge is -2.16. The molecule has 70 valence electrons. The topological polar surface area (TPSA) is 3.24 Å². The Morgan fingerprint density at radius 1 is 1.42 bits per heavy atom. The van der Waals surface area contributed by atoms with Gasteiger partial charge in [0.25, 0.3) is 0 Å². The van der Waals surface area contributed by atoms with Crippen molar-refractivity contribution in [3.8, 4) is 0 Å². The monoisotopic (exact) mass is 185 g/mol. The van der Waals surface area contributed by atoms with Crippen molar-refractivity contribution in [2.45, 2.75) is 38.4 Å². The summed E-state index contributed by atoms with van der Waals surface area (Å²) in [6.07, 6.45) is 8.50. The summed E-state index contributed by atoms with van der Waals surface area (Å²) in [4.78, 5) is 0. The highest BCUT2D eigenvalue weighted by molar-refractivity contribution is 7.98. The molecule has 0 saturated heterocycles. The number of hydrogen-bond acceptors (Lipinski definition) is 2. The third-order valence-electron chi connectivity index (χ3n) is 2.53. The lowest BCUT2D eigenvalue weighted by molar-refractivity contribution is 0.465. The molecular weight excluding hydrogens is 166 g/mol. The molecule has 0 saturated carbocycles. The van der Waals surface area contributed by atoms with E-state index in [2.05, 4.69) is 37.5 Å². The average Bonchev–Trinajstić information content (AvgIpc) is 2.47. The number of hydrogen-bond donors (Lipinski definition) is 0. The molecule has 1 atom stereocenters. The molecule has 0 radical (unpaired) electrons. The maximum Gasteiger partial charge on any atom is 0.0447 e. The molecule has 0 spiro atoms. The SMILES string of the molecule is CCC(CC)CC1C=CN(C)S1. The van der Waals surface area contributed by atoms with Crippen molar-refractivity contribution in [2.75, 3.05) is 7.05 Å². The van der Waals surface area contributed by atoms with Crippen LogP contribution in [0.4, 0.5) is 0 Å². The minimum absolute atomic E-state index is 0.736. The molecule has 0 amide bonds. The molecule has 1 rings (SSSR count). The summed E-state index contributed by atoms with van der Waals surface area (Å²) in [5, 5.41) is 0.736. The van der Waals surface area contributed by atoms with E-state index >= 15 is 0 Å². The third-order valence-corrected chi connectivity index (χ3v) is 3.61. The zero-order valence-corrected chi connectivity index (χ0v) is 9.10. The quantitative estimate of drug-likeness (QED) is 0.618. The van der Waals surface area contributed by atoms with Crippen LogP contribution in [0, 0.1) is 5.92 Å². The minimum Gasteiger partial charge on any atom is -0.326 e. The van der Waals surface area contributed by atoms with Crippen molar-refractivity contribution in [1.82, 2.24) is 4.31 Å². The second-order valence-electron chi connectivity index (χ2n) is 3.45. The van der Waals surface area contributed by atoms with Crippen LogP contribution in [-0.4, -0.2) is 16.6 Å². The Labute approximate surface area is 80.3 Å². The summed E-state index contributed by atoms with van der Waals surface area (Å²) in [7, 11) is 2.12. The van der Waals surface area contributed by atoms with Crippen molar-refractivity contribution in [3.05, 3.63) is 12.3 Å². The standard InChI is InChI=1S/C10H19NS/c1-4-9(5-2)8-10-6-7-11(3)12-10/h6-7,9-10H,4-5,8H2,1-3H3. The van der Waals surface area contributed by atoms with E-state index < -0.39 is 0 Å². The molecule has 0 fully saturated rings. The van der Waals surface area contributed by atoms with E-state index in [0.717, 1.165) is 11.2 Å². The molecule has 0 aromatic heterocycles. The summed E-state index contributed by atoms with van der Waals surface area (Å²) in [5.41, 5.74) is 0. The summed E-state index contributed by atoms with van der Waals surface area (Å²) in [6.45, 7) is 4.59. The molecule has 0 aliphatic carbocycles. The van der Waals surface area contributed by atoms with E-state index in [0.29, 0.717) is 0 Å². The highest BCUT2D eigenvalue weighted by Gasteiger charge is 2.17. The summed E-state index contributed by atoms with van der Waals surface area (Å²) >= 11 is 1.95. The maximum atomic E-state index is 2.32. The summed E-state index contributed by atoms with van der Waals surface area (Å²) < 4.78 is 2.20. The zero-order chi connectivity index (χ0) is 8.97. The van der Waals surface area contributed by atoms with E-state index in [1.807, 2.05) is 11.9 Å². The van der Waals surface area contributed by atoms with Crippen LogP contribution in [0.1, 0.15) is 33.1 Å². The predicted molar refractivity (Wildman–Crippen MR) is 57.0 cm³/mol. The van der Waals surface area contributed by atoms with Gasteiger partial charge in [-0.3, -0.25) is 0 Å². The molecule has 1 unspecified atom stereocenters. The van der Waals surface area contributed by atoms with Crippen molar-refractivity contribution in [1.29, 1.82) is 0 Å². The fourth-order valence-electron chi connectivity index (χ4n) is 1.57. The molecule has 2 heteroatoms. The van der Waals surface area contributed by atoms with Gasteiger partial charge < -0.3 is 4.31 Å². The number of nitrogens with zero attached hydrogens (tertiary/aromatic N) is 1. The van der Waals surface area contributed by atoms with Gasteiger partial charge in [0.15, 0.2) is 0 Å². The van der Waals surface area contributed by atoms with Gasteiger partial charge in [-0.05, 0) is 24.3 Å². The average molecular weight is 185 g/mol. The highest BCUT2D eigenvalue weighted by atomic mass is 32.2. The molecule has 0 bridgehead atoms. The Kier molecular flexibility index (Phi) is 3.99. The van der Waals surface area contributed by atoms with Gasteiger partial charge in [0.2, 0.25) is 0 Å². The van der Waals surface area contributed by atoms with Gasteiger partial charge in [0, 0.05) is 18.5 Å². The van der Waals surface area contributed by atoms with Crippen molar-refractivity contribution in [2.24, 2.45) is 5.92 Å². The van der Waals surface area contributed by atoms with E-state index in [-0.39, 0.29) is 0 Å². The van der Waals surface area contributed by atoms with Crippen molar-refractivity contribution >= 4 is 11.9 Å². The zero-order valence-electron chi connectivity index (χ0n) is 8.29. The first-order valence-electron chi connectivity index (χ1n) is 4.84. The maximum absolute atomic E-state index is 2.32. The lowest BCUT2D eigenvalue weighted by Crippen LogP contribution is -2.07. The summed E-state index contributed by atoms with van der Waals surface area (Å²) in [6, 6.07) is 0. The second kappa shape index (κ2) is 4.80. The van der Waals surface area contributed by atoms with Crippen LogP contribution in [-0.2, 0) is 0 Å². The summed E-state index contributed by atoms with van der Waals surface area (Å²) in [5.74, 6) is 0.915. The van der Waals surface area contributed by atoms with Gasteiger partial charge in [0.1, 0.15) is 0 Å². The number of rotatable bonds is 4. The smallest absolute Gasteiger partial charge is 0.0447 e. The van der Waals surface area contributed by atoms with E-state index in [1.165, 1.54) is 19.3 Å². The Hall–Kier alpha value is -0.110. The molecule has 1 aliphatic heterocycles. The first kappa shape index (κ1) is 9.97. The first-order chi connectivity index (χ1) is 5.76. The predicted octanol–water partition coefficient (Wildman–Crippen LogP) is 3.29. The Morgan fingerprint density at radius 2 is 2.08 bits per heavy atom. The highest BCUT2D eigenvalue weighted by Crippen LogP contribution is 2.30. The van der Waals surface area contributed by atoms with Crippen molar-refractivity contribution in [3.63, 3.8) is 0 Å². The molecule has 0 N–H and O–H groups in total. The Balaban J connectivity index is 2.27. The third kappa shape index (κ3) is 2.74. The normalized spacial score (nSPS) is 22.7. The lowest BCUT2D eigenvalue weighted by atomic mass is 9.97. The molecule has 1 aliphatic rings. The van der Waals surface area contributed by atoms with Crippen LogP contribution in [0.3, 0.4) is 0 Å². The molecule has 0 aromatic carbocycles. The minimum atomic E-state index is 0.736. The molecule has 12 heavy (non-hydrogen) atoms. The van der Waals surface area contributed by atoms with Gasteiger partial charge in [-0.1, -0.05) is 32.8 Å². The van der Waals surface area contributed by atoms with Gasteiger partial charge in [-0.15, -0.1) is 0 Å². The molecule has 1 heterocycles. The fraction of sp³-hybridized carbons (Fsp3) is 0.800. The van der Waals surface area contributed by atoms with Crippen LogP contribution in [0.5, 0.6) is 0 Å². The van der Waals surface area contributed by atoms with Crippen molar-refractivity contribution < 1.29 is 0 Å². The largest absolute Gasteiger partial charge is 0.326 e. The van der Waals surface area contributed by atoms with Gasteiger partial charge in [-0.2, -0.15) is 0 Å². The van der Waals surface area contributed by atoms with Crippen LogP contribution in [0.15, 0.2) is 12.3 Å². The van der Waals surface area contributed by atoms with Crippen LogP contribution in [0.2, 0.25) is 0 Å². The van der Waals surface area contributed by atoms with Crippen LogP contribution in [0.25, 0.3) is 0 Å². The Bertz CT molecular complexity index is 152. The van der Waals surface area contributed by atoms with Gasteiger partial charge in [-0.25, -0.2) is 0 Å². The van der Waals surface area contributed by atoms with Gasteiger partial charge in [0.05, 0.1) is 0 Å². The first-order valence-corrected chi connectivity index (χ1v) is 5.67. The van der Waals surface area contributed by atoms with Gasteiger partial charge >= 0.3 is 0 Å². The molecule has 1 nitrogen and oxygen atoms in total. The molecule has 0 aromatic rings. The van der Waals surface area contributed by atoms with E-state index in [9.17, 15) is 0 Å². The van der Waals surface area contributed by atoms with Crippen LogP contribution < -0.4 is 0 Å².